The molecule has 0 radical (unpaired) electrons. The lowest BCUT2D eigenvalue weighted by molar-refractivity contribution is -0.126. The van der Waals surface area contributed by atoms with E-state index in [2.05, 4.69) is 68.1 Å². The van der Waals surface area contributed by atoms with Crippen LogP contribution in [0.3, 0.4) is 0 Å². The predicted octanol–water partition coefficient (Wildman–Crippen LogP) is 1.60. The number of carbonyl (C=O) groups excluding carboxylic acids is 1. The molecular weight excluding hydrogens is 364 g/mol. The van der Waals surface area contributed by atoms with Crippen LogP contribution in [0.2, 0.25) is 0 Å². The molecule has 2 aliphatic rings. The number of likely N-dealkylation sites (tertiary alicyclic amines) is 1. The van der Waals surface area contributed by atoms with E-state index in [1.807, 2.05) is 0 Å². The van der Waals surface area contributed by atoms with E-state index in [0.29, 0.717) is 6.54 Å². The summed E-state index contributed by atoms with van der Waals surface area (Å²) in [6, 6.07) is 8.59. The van der Waals surface area contributed by atoms with Gasteiger partial charge in [-0.25, -0.2) is 0 Å². The lowest BCUT2D eigenvalue weighted by atomic mass is 9.98. The van der Waals surface area contributed by atoms with Crippen LogP contribution in [0.5, 0.6) is 0 Å². The Kier molecular flexibility index (Phi) is 6.25. The Balaban J connectivity index is 1.34. The predicted molar refractivity (Wildman–Crippen MR) is 112 cm³/mol. The first kappa shape index (κ1) is 20.0. The normalized spacial score (nSPS) is 20.8. The average Bonchev–Trinajstić information content (AvgIpc) is 3.00. The maximum absolute atomic E-state index is 12.6. The summed E-state index contributed by atoms with van der Waals surface area (Å²) < 4.78 is 2.20. The van der Waals surface area contributed by atoms with Crippen molar-refractivity contribution in [3.8, 4) is 0 Å². The maximum Gasteiger partial charge on any atom is 0.224 e. The van der Waals surface area contributed by atoms with Gasteiger partial charge in [0.15, 0.2) is 5.82 Å². The lowest BCUT2D eigenvalue weighted by Crippen LogP contribution is -2.41. The smallest absolute Gasteiger partial charge is 0.224 e. The summed E-state index contributed by atoms with van der Waals surface area (Å²) in [5, 5.41) is 11.9. The molecule has 7 nitrogen and oxygen atoms in total. The Bertz CT molecular complexity index is 848. The minimum atomic E-state index is 0.0879. The molecule has 1 saturated heterocycles. The highest BCUT2D eigenvalue weighted by atomic mass is 16.1. The number of benzene rings is 1. The summed E-state index contributed by atoms with van der Waals surface area (Å²) >= 11 is 0. The number of amides is 1. The largest absolute Gasteiger partial charge is 0.349 e. The highest BCUT2D eigenvalue weighted by Gasteiger charge is 2.25. The van der Waals surface area contributed by atoms with E-state index in [0.717, 1.165) is 70.2 Å². The summed E-state index contributed by atoms with van der Waals surface area (Å²) in [5.74, 6) is 2.13. The summed E-state index contributed by atoms with van der Waals surface area (Å²) in [7, 11) is 2.08. The van der Waals surface area contributed by atoms with Gasteiger partial charge in [0.2, 0.25) is 5.91 Å². The molecule has 7 heteroatoms. The quantitative estimate of drug-likeness (QED) is 0.832. The van der Waals surface area contributed by atoms with Crippen molar-refractivity contribution in [1.29, 1.82) is 0 Å². The van der Waals surface area contributed by atoms with Crippen LogP contribution in [0, 0.1) is 12.8 Å². The number of hydrogen-bond donors (Lipinski definition) is 1. The second-order valence-electron chi connectivity index (χ2n) is 8.46. The monoisotopic (exact) mass is 396 g/mol. The molecule has 29 heavy (non-hydrogen) atoms. The third-order valence-electron chi connectivity index (χ3n) is 6.27. The van der Waals surface area contributed by atoms with E-state index in [-0.39, 0.29) is 11.8 Å². The third-order valence-corrected chi connectivity index (χ3v) is 6.27. The number of aryl methyl sites for hydroxylation is 1. The van der Waals surface area contributed by atoms with Crippen LogP contribution in [-0.4, -0.2) is 63.7 Å². The van der Waals surface area contributed by atoms with Gasteiger partial charge in [-0.1, -0.05) is 24.3 Å². The van der Waals surface area contributed by atoms with Crippen LogP contribution in [0.1, 0.15) is 35.6 Å². The van der Waals surface area contributed by atoms with Crippen molar-refractivity contribution in [1.82, 2.24) is 29.9 Å². The van der Waals surface area contributed by atoms with Crippen molar-refractivity contribution in [2.45, 2.75) is 45.8 Å². The van der Waals surface area contributed by atoms with Gasteiger partial charge in [-0.2, -0.15) is 0 Å². The molecule has 1 unspecified atom stereocenters. The van der Waals surface area contributed by atoms with E-state index in [1.165, 1.54) is 11.1 Å². The Morgan fingerprint density at radius 1 is 1.17 bits per heavy atom. The van der Waals surface area contributed by atoms with E-state index in [4.69, 9.17) is 0 Å². The minimum Gasteiger partial charge on any atom is -0.349 e. The SMILES string of the molecule is Cc1ccccc1CN1CCc2nnc(CNC(=O)C3CCCN(C)C3)n2CC1. The first-order valence-electron chi connectivity index (χ1n) is 10.7. The average molecular weight is 397 g/mol. The molecule has 0 saturated carbocycles. The zero-order valence-corrected chi connectivity index (χ0v) is 17.6. The van der Waals surface area contributed by atoms with E-state index >= 15 is 0 Å². The molecule has 1 amide bonds. The lowest BCUT2D eigenvalue weighted by Gasteiger charge is -2.28. The highest BCUT2D eigenvalue weighted by Crippen LogP contribution is 2.17. The van der Waals surface area contributed by atoms with Gasteiger partial charge in [0.05, 0.1) is 12.5 Å². The Labute approximate surface area is 173 Å². The van der Waals surface area contributed by atoms with E-state index in [1.54, 1.807) is 0 Å². The van der Waals surface area contributed by atoms with Gasteiger partial charge < -0.3 is 14.8 Å². The van der Waals surface area contributed by atoms with E-state index < -0.39 is 0 Å². The number of nitrogens with zero attached hydrogens (tertiary/aromatic N) is 5. The van der Waals surface area contributed by atoms with Crippen LogP contribution in [-0.2, 0) is 30.8 Å². The van der Waals surface area contributed by atoms with Crippen LogP contribution >= 0.6 is 0 Å². The molecule has 2 aliphatic heterocycles. The maximum atomic E-state index is 12.6. The van der Waals surface area contributed by atoms with Gasteiger partial charge >= 0.3 is 0 Å². The first-order valence-corrected chi connectivity index (χ1v) is 10.7. The standard InChI is InChI=1S/C22H32N6O/c1-17-6-3-4-7-18(17)16-27-11-9-20-24-25-21(28(20)13-12-27)14-23-22(29)19-8-5-10-26(2)15-19/h3-4,6-7,19H,5,8-16H2,1-2H3,(H,23,29). The fourth-order valence-electron chi connectivity index (χ4n) is 4.43. The Morgan fingerprint density at radius 3 is 2.86 bits per heavy atom. The van der Waals surface area contributed by atoms with Crippen LogP contribution in [0.15, 0.2) is 24.3 Å². The van der Waals surface area contributed by atoms with Crippen LogP contribution in [0.25, 0.3) is 0 Å². The molecular formula is C22H32N6O. The van der Waals surface area contributed by atoms with Gasteiger partial charge in [-0.15, -0.1) is 10.2 Å². The summed E-state index contributed by atoms with van der Waals surface area (Å²) in [6.45, 7) is 8.34. The number of aromatic nitrogens is 3. The zero-order valence-electron chi connectivity index (χ0n) is 17.6. The fraction of sp³-hybridized carbons (Fsp3) is 0.591. The number of nitrogens with one attached hydrogen (secondary N) is 1. The topological polar surface area (TPSA) is 66.3 Å². The Hall–Kier alpha value is -2.25. The Morgan fingerprint density at radius 2 is 2.03 bits per heavy atom. The molecule has 1 atom stereocenters. The fourth-order valence-corrected chi connectivity index (χ4v) is 4.43. The number of fused-ring (bicyclic) bond motifs is 1. The van der Waals surface area contributed by atoms with Crippen molar-refractivity contribution >= 4 is 5.91 Å². The van der Waals surface area contributed by atoms with Gasteiger partial charge in [0.25, 0.3) is 0 Å². The zero-order chi connectivity index (χ0) is 20.2. The van der Waals surface area contributed by atoms with Crippen molar-refractivity contribution in [2.24, 2.45) is 5.92 Å². The van der Waals surface area contributed by atoms with Crippen molar-refractivity contribution in [2.75, 3.05) is 33.2 Å². The molecule has 0 bridgehead atoms. The number of piperidine rings is 1. The highest BCUT2D eigenvalue weighted by molar-refractivity contribution is 5.78. The third kappa shape index (κ3) is 4.85. The minimum absolute atomic E-state index is 0.0879. The number of carbonyl (C=O) groups is 1. The summed E-state index contributed by atoms with van der Waals surface area (Å²) in [5.41, 5.74) is 2.73. The molecule has 1 aromatic carbocycles. The number of rotatable bonds is 5. The molecule has 1 N–H and O–H groups in total. The summed E-state index contributed by atoms with van der Waals surface area (Å²) in [6.07, 6.45) is 2.95. The molecule has 0 aliphatic carbocycles. The van der Waals surface area contributed by atoms with E-state index in [9.17, 15) is 4.79 Å². The van der Waals surface area contributed by atoms with Crippen molar-refractivity contribution in [3.05, 3.63) is 47.0 Å². The van der Waals surface area contributed by atoms with Crippen molar-refractivity contribution < 1.29 is 4.79 Å². The second-order valence-corrected chi connectivity index (χ2v) is 8.46. The molecule has 4 rings (SSSR count). The second kappa shape index (κ2) is 9.05. The van der Waals surface area contributed by atoms with Crippen LogP contribution < -0.4 is 5.32 Å². The first-order chi connectivity index (χ1) is 14.1. The molecule has 1 fully saturated rings. The molecule has 2 aromatic rings. The number of hydrogen-bond acceptors (Lipinski definition) is 5. The molecule has 3 heterocycles. The molecule has 0 spiro atoms. The van der Waals surface area contributed by atoms with Crippen LogP contribution in [0.4, 0.5) is 0 Å². The van der Waals surface area contributed by atoms with Gasteiger partial charge in [-0.05, 0) is 44.5 Å². The van der Waals surface area contributed by atoms with Gasteiger partial charge in [-0.3, -0.25) is 9.69 Å². The van der Waals surface area contributed by atoms with Crippen molar-refractivity contribution in [3.63, 3.8) is 0 Å². The van der Waals surface area contributed by atoms with Gasteiger partial charge in [0.1, 0.15) is 5.82 Å². The summed E-state index contributed by atoms with van der Waals surface area (Å²) in [4.78, 5) is 17.3. The van der Waals surface area contributed by atoms with Gasteiger partial charge in [0, 0.05) is 39.1 Å². The molecule has 156 valence electrons. The molecule has 1 aromatic heterocycles.